The van der Waals surface area contributed by atoms with Gasteiger partial charge in [0, 0.05) is 29.6 Å². The van der Waals surface area contributed by atoms with Gasteiger partial charge in [-0.05, 0) is 37.0 Å². The summed E-state index contributed by atoms with van der Waals surface area (Å²) in [7, 11) is 0. The number of carbonyl (C=O) groups excluding carboxylic acids is 4. The van der Waals surface area contributed by atoms with E-state index in [0.29, 0.717) is 34.3 Å². The Balaban J connectivity index is 1.74. The van der Waals surface area contributed by atoms with E-state index in [1.165, 1.54) is 17.0 Å². The lowest BCUT2D eigenvalue weighted by Crippen LogP contribution is -2.48. The van der Waals surface area contributed by atoms with Crippen LogP contribution in [0.3, 0.4) is 0 Å². The van der Waals surface area contributed by atoms with Crippen LogP contribution in [0.5, 0.6) is 0 Å². The van der Waals surface area contributed by atoms with Crippen molar-refractivity contribution >= 4 is 44.9 Å². The molecule has 0 spiro atoms. The first-order valence-electron chi connectivity index (χ1n) is 11.3. The second kappa shape index (κ2) is 10.9. The monoisotopic (exact) mass is 475 g/mol. The molecule has 0 aliphatic carbocycles. The minimum Gasteiger partial charge on any atom is -0.356 e. The molecule has 2 heterocycles. The van der Waals surface area contributed by atoms with Crippen LogP contribution in [0.4, 0.5) is 4.39 Å². The number of halogens is 1. The van der Waals surface area contributed by atoms with Crippen molar-refractivity contribution in [1.82, 2.24) is 15.5 Å². The Morgan fingerprint density at radius 3 is 2.67 bits per heavy atom. The van der Waals surface area contributed by atoms with Crippen molar-refractivity contribution in [2.45, 2.75) is 46.1 Å². The standard InChI is InChI=1S/C24H30FN3O4S/c1-4-22(30)28(12-15-8-9-26-23(15)31)13-19(29)18(10-14(2)3)27-24(32)21-11-16-17(25)6-5-7-20(16)33-21/h5-7,11,14-15,18H,4,8-10,12-13H2,1-3H3,(H,26,31)(H,27,32)/t15-,18-/m0/s1. The maximum atomic E-state index is 14.0. The third-order valence-electron chi connectivity index (χ3n) is 5.74. The minimum atomic E-state index is -0.794. The van der Waals surface area contributed by atoms with Crippen molar-refractivity contribution < 1.29 is 23.6 Å². The van der Waals surface area contributed by atoms with E-state index in [4.69, 9.17) is 0 Å². The Hall–Kier alpha value is -2.81. The number of carbonyl (C=O) groups is 4. The van der Waals surface area contributed by atoms with Crippen LogP contribution in [-0.2, 0) is 14.4 Å². The third-order valence-corrected chi connectivity index (χ3v) is 6.84. The first-order valence-corrected chi connectivity index (χ1v) is 12.1. The number of thiophene rings is 1. The SMILES string of the molecule is CCC(=O)N(CC(=O)[C@H](CC(C)C)NC(=O)c1cc2c(F)cccc2s1)C[C@@H]1CCNC1=O. The molecule has 1 aromatic carbocycles. The zero-order valence-electron chi connectivity index (χ0n) is 19.2. The van der Waals surface area contributed by atoms with Gasteiger partial charge in [-0.2, -0.15) is 0 Å². The van der Waals surface area contributed by atoms with E-state index in [0.717, 1.165) is 11.3 Å². The largest absolute Gasteiger partial charge is 0.356 e. The molecule has 33 heavy (non-hydrogen) atoms. The van der Waals surface area contributed by atoms with E-state index in [1.807, 2.05) is 13.8 Å². The van der Waals surface area contributed by atoms with E-state index < -0.39 is 17.8 Å². The molecule has 1 aliphatic heterocycles. The smallest absolute Gasteiger partial charge is 0.261 e. The van der Waals surface area contributed by atoms with Crippen molar-refractivity contribution in [2.24, 2.45) is 11.8 Å². The van der Waals surface area contributed by atoms with Crippen LogP contribution in [0, 0.1) is 17.7 Å². The highest BCUT2D eigenvalue weighted by molar-refractivity contribution is 7.20. The Morgan fingerprint density at radius 1 is 1.30 bits per heavy atom. The number of amides is 3. The van der Waals surface area contributed by atoms with Crippen molar-refractivity contribution in [2.75, 3.05) is 19.6 Å². The van der Waals surface area contributed by atoms with Gasteiger partial charge in [0.1, 0.15) is 5.82 Å². The molecule has 9 heteroatoms. The summed E-state index contributed by atoms with van der Waals surface area (Å²) in [6.45, 7) is 6.17. The highest BCUT2D eigenvalue weighted by atomic mass is 32.1. The second-order valence-corrected chi connectivity index (χ2v) is 9.87. The molecule has 0 radical (unpaired) electrons. The van der Waals surface area contributed by atoms with E-state index >= 15 is 0 Å². The Morgan fingerprint density at radius 2 is 2.06 bits per heavy atom. The number of ketones is 1. The van der Waals surface area contributed by atoms with Crippen LogP contribution in [0.15, 0.2) is 24.3 Å². The number of Topliss-reactive ketones (excluding diaryl/α,β-unsaturated/α-hetero) is 1. The Bertz CT molecular complexity index is 1050. The predicted octanol–water partition coefficient (Wildman–Crippen LogP) is 3.13. The van der Waals surface area contributed by atoms with Gasteiger partial charge in [-0.3, -0.25) is 19.2 Å². The first-order chi connectivity index (χ1) is 15.7. The van der Waals surface area contributed by atoms with Gasteiger partial charge >= 0.3 is 0 Å². The average Bonchev–Trinajstić information content (AvgIpc) is 3.39. The summed E-state index contributed by atoms with van der Waals surface area (Å²) in [6, 6.07) is 5.37. The fourth-order valence-corrected chi connectivity index (χ4v) is 4.95. The molecular weight excluding hydrogens is 445 g/mol. The Labute approximate surface area is 196 Å². The molecule has 0 saturated carbocycles. The average molecular weight is 476 g/mol. The number of nitrogens with zero attached hydrogens (tertiary/aromatic N) is 1. The number of nitrogens with one attached hydrogen (secondary N) is 2. The van der Waals surface area contributed by atoms with Gasteiger partial charge in [-0.25, -0.2) is 4.39 Å². The quantitative estimate of drug-likeness (QED) is 0.552. The van der Waals surface area contributed by atoms with Crippen LogP contribution in [0.2, 0.25) is 0 Å². The van der Waals surface area contributed by atoms with Crippen LogP contribution < -0.4 is 10.6 Å². The summed E-state index contributed by atoms with van der Waals surface area (Å²) in [5.74, 6) is -1.67. The third kappa shape index (κ3) is 6.16. The molecule has 1 fully saturated rings. The predicted molar refractivity (Wildman–Crippen MR) is 125 cm³/mol. The zero-order chi connectivity index (χ0) is 24.1. The van der Waals surface area contributed by atoms with Crippen LogP contribution in [0.25, 0.3) is 10.1 Å². The second-order valence-electron chi connectivity index (χ2n) is 8.79. The lowest BCUT2D eigenvalue weighted by atomic mass is 9.99. The lowest BCUT2D eigenvalue weighted by molar-refractivity contribution is -0.137. The van der Waals surface area contributed by atoms with Gasteiger partial charge < -0.3 is 15.5 Å². The lowest BCUT2D eigenvalue weighted by Gasteiger charge is -2.27. The summed E-state index contributed by atoms with van der Waals surface area (Å²) in [5.41, 5.74) is 0. The molecule has 1 aliphatic rings. The highest BCUT2D eigenvalue weighted by Crippen LogP contribution is 2.27. The molecule has 7 nitrogen and oxygen atoms in total. The molecule has 178 valence electrons. The molecule has 2 atom stereocenters. The summed E-state index contributed by atoms with van der Waals surface area (Å²) in [6.07, 6.45) is 1.24. The van der Waals surface area contributed by atoms with Crippen LogP contribution >= 0.6 is 11.3 Å². The molecule has 0 unspecified atom stereocenters. The molecule has 1 saturated heterocycles. The fraction of sp³-hybridized carbons (Fsp3) is 0.500. The molecule has 2 N–H and O–H groups in total. The normalized spacial score (nSPS) is 16.6. The minimum absolute atomic E-state index is 0.111. The maximum absolute atomic E-state index is 14.0. The summed E-state index contributed by atoms with van der Waals surface area (Å²) < 4.78 is 14.7. The van der Waals surface area contributed by atoms with Gasteiger partial charge in [0.05, 0.1) is 23.4 Å². The van der Waals surface area contributed by atoms with Gasteiger partial charge in [-0.15, -0.1) is 11.3 Å². The number of benzene rings is 1. The first kappa shape index (κ1) is 24.8. The number of hydrogen-bond acceptors (Lipinski definition) is 5. The van der Waals surface area contributed by atoms with Crippen LogP contribution in [-0.4, -0.2) is 54.1 Å². The van der Waals surface area contributed by atoms with E-state index in [-0.39, 0.29) is 48.9 Å². The van der Waals surface area contributed by atoms with Crippen molar-refractivity contribution in [3.63, 3.8) is 0 Å². The highest BCUT2D eigenvalue weighted by Gasteiger charge is 2.31. The Kier molecular flexibility index (Phi) is 8.18. The van der Waals surface area contributed by atoms with E-state index in [1.54, 1.807) is 19.1 Å². The van der Waals surface area contributed by atoms with Crippen molar-refractivity contribution in [3.05, 3.63) is 35.0 Å². The van der Waals surface area contributed by atoms with Crippen molar-refractivity contribution in [3.8, 4) is 0 Å². The molecule has 3 rings (SSSR count). The summed E-state index contributed by atoms with van der Waals surface area (Å²) >= 11 is 1.16. The summed E-state index contributed by atoms with van der Waals surface area (Å²) in [4.78, 5) is 52.3. The zero-order valence-corrected chi connectivity index (χ0v) is 20.0. The van der Waals surface area contributed by atoms with Gasteiger partial charge in [-0.1, -0.05) is 26.8 Å². The fourth-order valence-electron chi connectivity index (χ4n) is 3.97. The van der Waals surface area contributed by atoms with Gasteiger partial charge in [0.25, 0.3) is 5.91 Å². The topological polar surface area (TPSA) is 95.6 Å². The summed E-state index contributed by atoms with van der Waals surface area (Å²) in [5, 5.41) is 5.91. The molecule has 0 bridgehead atoms. The molecule has 3 amide bonds. The number of rotatable bonds is 10. The van der Waals surface area contributed by atoms with Crippen LogP contribution in [0.1, 0.15) is 49.7 Å². The van der Waals surface area contributed by atoms with Gasteiger partial charge in [0.2, 0.25) is 11.8 Å². The van der Waals surface area contributed by atoms with Gasteiger partial charge in [0.15, 0.2) is 5.78 Å². The maximum Gasteiger partial charge on any atom is 0.261 e. The van der Waals surface area contributed by atoms with E-state index in [2.05, 4.69) is 10.6 Å². The number of fused-ring (bicyclic) bond motifs is 1. The molecule has 1 aromatic heterocycles. The van der Waals surface area contributed by atoms with E-state index in [9.17, 15) is 23.6 Å². The van der Waals surface area contributed by atoms with Crippen molar-refractivity contribution in [1.29, 1.82) is 0 Å². The molecular formula is C24H30FN3O4S. The number of hydrogen-bond donors (Lipinski definition) is 2. The molecule has 2 aromatic rings.